The van der Waals surface area contributed by atoms with E-state index in [1.165, 1.54) is 17.0 Å². The van der Waals surface area contributed by atoms with Crippen LogP contribution in [0, 0.1) is 6.92 Å². The zero-order chi connectivity index (χ0) is 35.0. The predicted molar refractivity (Wildman–Crippen MR) is 195 cm³/mol. The third-order valence-corrected chi connectivity index (χ3v) is 11.2. The first-order chi connectivity index (χ1) is 23.5. The van der Waals surface area contributed by atoms with Gasteiger partial charge in [0.25, 0.3) is 10.0 Å². The second-order valence-corrected chi connectivity index (χ2v) is 14.9. The smallest absolute Gasteiger partial charge is 0.264 e. The van der Waals surface area contributed by atoms with Crippen LogP contribution in [0.25, 0.3) is 0 Å². The summed E-state index contributed by atoms with van der Waals surface area (Å²) < 4.78 is 35.3. The molecule has 0 aromatic heterocycles. The first-order valence-corrected chi connectivity index (χ1v) is 18.6. The molecular formula is C38H41Cl2N3O5S. The van der Waals surface area contributed by atoms with Crippen molar-refractivity contribution in [2.24, 2.45) is 0 Å². The molecule has 0 radical (unpaired) electrons. The number of carbonyl (C=O) groups is 2. The Hall–Kier alpha value is -4.05. The lowest BCUT2D eigenvalue weighted by atomic mass is 10.0. The number of anilines is 1. The molecule has 258 valence electrons. The van der Waals surface area contributed by atoms with Gasteiger partial charge in [0, 0.05) is 19.0 Å². The molecule has 2 amide bonds. The maximum atomic E-state index is 14.7. The Morgan fingerprint density at radius 2 is 1.55 bits per heavy atom. The number of hydrogen-bond acceptors (Lipinski definition) is 5. The molecule has 49 heavy (non-hydrogen) atoms. The summed E-state index contributed by atoms with van der Waals surface area (Å²) in [6.45, 7) is 3.60. The molecule has 1 atom stereocenters. The van der Waals surface area contributed by atoms with Gasteiger partial charge in [0.2, 0.25) is 11.8 Å². The van der Waals surface area contributed by atoms with Crippen LogP contribution in [0.1, 0.15) is 49.3 Å². The van der Waals surface area contributed by atoms with Crippen LogP contribution in [0.2, 0.25) is 10.0 Å². The highest BCUT2D eigenvalue weighted by molar-refractivity contribution is 7.92. The number of carbonyl (C=O) groups excluding carboxylic acids is 2. The lowest BCUT2D eigenvalue weighted by molar-refractivity contribution is -0.140. The van der Waals surface area contributed by atoms with Gasteiger partial charge in [-0.3, -0.25) is 13.9 Å². The average molecular weight is 723 g/mol. The fraction of sp³-hybridized carbons (Fsp3) is 0.316. The van der Waals surface area contributed by atoms with Gasteiger partial charge in [-0.05, 0) is 86.3 Å². The molecule has 0 heterocycles. The van der Waals surface area contributed by atoms with Gasteiger partial charge < -0.3 is 15.0 Å². The first-order valence-electron chi connectivity index (χ1n) is 16.4. The van der Waals surface area contributed by atoms with Crippen LogP contribution in [-0.2, 0) is 32.6 Å². The van der Waals surface area contributed by atoms with E-state index in [1.807, 2.05) is 44.2 Å². The maximum Gasteiger partial charge on any atom is 0.264 e. The van der Waals surface area contributed by atoms with E-state index in [1.54, 1.807) is 54.6 Å². The maximum absolute atomic E-state index is 14.7. The Labute approximate surface area is 299 Å². The molecule has 1 saturated carbocycles. The van der Waals surface area contributed by atoms with Crippen molar-refractivity contribution in [1.82, 2.24) is 10.2 Å². The molecule has 5 rings (SSSR count). The van der Waals surface area contributed by atoms with E-state index in [2.05, 4.69) is 5.32 Å². The molecule has 8 nitrogen and oxygen atoms in total. The van der Waals surface area contributed by atoms with Crippen LogP contribution in [0.4, 0.5) is 5.69 Å². The highest BCUT2D eigenvalue weighted by atomic mass is 35.5. The normalized spacial score (nSPS) is 13.9. The molecule has 1 fully saturated rings. The summed E-state index contributed by atoms with van der Waals surface area (Å²) in [6, 6.07) is 26.6. The highest BCUT2D eigenvalue weighted by Gasteiger charge is 2.35. The zero-order valence-electron chi connectivity index (χ0n) is 27.6. The topological polar surface area (TPSA) is 96.0 Å². The van der Waals surface area contributed by atoms with Gasteiger partial charge in [-0.25, -0.2) is 8.42 Å². The number of amides is 2. The van der Waals surface area contributed by atoms with Crippen LogP contribution >= 0.6 is 23.2 Å². The van der Waals surface area contributed by atoms with Gasteiger partial charge in [-0.15, -0.1) is 0 Å². The molecular weight excluding hydrogens is 681 g/mol. The van der Waals surface area contributed by atoms with Crippen LogP contribution in [0.5, 0.6) is 5.75 Å². The van der Waals surface area contributed by atoms with Crippen molar-refractivity contribution in [3.63, 3.8) is 0 Å². The molecule has 0 aliphatic heterocycles. The molecule has 1 aliphatic rings. The molecule has 0 bridgehead atoms. The summed E-state index contributed by atoms with van der Waals surface area (Å²) in [6.07, 6.45) is 4.00. The number of benzene rings is 4. The Balaban J connectivity index is 1.57. The van der Waals surface area contributed by atoms with Gasteiger partial charge in [0.05, 0.1) is 27.2 Å². The molecule has 11 heteroatoms. The number of aryl methyl sites for hydroxylation is 1. The van der Waals surface area contributed by atoms with E-state index >= 15 is 0 Å². The van der Waals surface area contributed by atoms with Crippen molar-refractivity contribution in [2.75, 3.05) is 17.5 Å². The van der Waals surface area contributed by atoms with E-state index in [0.29, 0.717) is 28.0 Å². The van der Waals surface area contributed by atoms with E-state index in [-0.39, 0.29) is 35.5 Å². The quantitative estimate of drug-likeness (QED) is 0.145. The lowest BCUT2D eigenvalue weighted by Crippen LogP contribution is -2.54. The summed E-state index contributed by atoms with van der Waals surface area (Å²) in [5.41, 5.74) is 2.68. The highest BCUT2D eigenvalue weighted by Crippen LogP contribution is 2.29. The average Bonchev–Trinajstić information content (AvgIpc) is 3.61. The second kappa shape index (κ2) is 16.6. The Bertz CT molecular complexity index is 1830. The Morgan fingerprint density at radius 3 is 2.18 bits per heavy atom. The van der Waals surface area contributed by atoms with Gasteiger partial charge in [0.15, 0.2) is 0 Å². The van der Waals surface area contributed by atoms with Gasteiger partial charge >= 0.3 is 0 Å². The molecule has 4 aromatic carbocycles. The van der Waals surface area contributed by atoms with Crippen LogP contribution in [0.15, 0.2) is 102 Å². The SMILES string of the molecule is CCOc1ccc(N(CC(=O)N(Cc2ccc(Cl)c(Cl)c2)C(Cc2ccccc2)C(=O)NC2CCCC2)S(=O)(=O)c2ccc(C)cc2)cc1. The molecule has 4 aromatic rings. The number of sulfonamides is 1. The van der Waals surface area contributed by atoms with Crippen molar-refractivity contribution in [2.45, 2.75) is 69.5 Å². The van der Waals surface area contributed by atoms with Crippen molar-refractivity contribution in [3.05, 3.63) is 124 Å². The summed E-state index contributed by atoms with van der Waals surface area (Å²) in [5.74, 6) is -0.283. The van der Waals surface area contributed by atoms with E-state index < -0.39 is 28.5 Å². The Morgan fingerprint density at radius 1 is 0.878 bits per heavy atom. The molecule has 1 unspecified atom stereocenters. The van der Waals surface area contributed by atoms with Gasteiger partial charge in [0.1, 0.15) is 18.3 Å². The summed E-state index contributed by atoms with van der Waals surface area (Å²) in [5, 5.41) is 3.84. The minimum absolute atomic E-state index is 0.00694. The van der Waals surface area contributed by atoms with Crippen LogP contribution < -0.4 is 14.4 Å². The van der Waals surface area contributed by atoms with Gasteiger partial charge in [-0.1, -0.05) is 90.1 Å². The molecule has 1 N–H and O–H groups in total. The summed E-state index contributed by atoms with van der Waals surface area (Å²) >= 11 is 12.6. The van der Waals surface area contributed by atoms with E-state index in [4.69, 9.17) is 27.9 Å². The third kappa shape index (κ3) is 9.35. The van der Waals surface area contributed by atoms with E-state index in [0.717, 1.165) is 41.1 Å². The van der Waals surface area contributed by atoms with Crippen molar-refractivity contribution in [3.8, 4) is 5.75 Å². The monoisotopic (exact) mass is 721 g/mol. The van der Waals surface area contributed by atoms with Crippen LogP contribution in [-0.4, -0.2) is 50.4 Å². The number of hydrogen-bond donors (Lipinski definition) is 1. The predicted octanol–water partition coefficient (Wildman–Crippen LogP) is 7.59. The van der Waals surface area contributed by atoms with Gasteiger partial charge in [-0.2, -0.15) is 0 Å². The largest absolute Gasteiger partial charge is 0.494 e. The molecule has 0 spiro atoms. The third-order valence-electron chi connectivity index (χ3n) is 8.63. The van der Waals surface area contributed by atoms with Crippen LogP contribution in [0.3, 0.4) is 0 Å². The minimum atomic E-state index is -4.23. The fourth-order valence-electron chi connectivity index (χ4n) is 6.00. The summed E-state index contributed by atoms with van der Waals surface area (Å²) in [4.78, 5) is 30.4. The summed E-state index contributed by atoms with van der Waals surface area (Å²) in [7, 11) is -4.23. The fourth-order valence-corrected chi connectivity index (χ4v) is 7.73. The number of rotatable bonds is 14. The second-order valence-electron chi connectivity index (χ2n) is 12.2. The zero-order valence-corrected chi connectivity index (χ0v) is 30.0. The number of nitrogens with zero attached hydrogens (tertiary/aromatic N) is 2. The lowest BCUT2D eigenvalue weighted by Gasteiger charge is -2.34. The Kier molecular flexibility index (Phi) is 12.3. The first kappa shape index (κ1) is 36.2. The molecule has 0 saturated heterocycles. The minimum Gasteiger partial charge on any atom is -0.494 e. The van der Waals surface area contributed by atoms with Crippen molar-refractivity contribution >= 4 is 50.7 Å². The van der Waals surface area contributed by atoms with E-state index in [9.17, 15) is 18.0 Å². The standard InChI is InChI=1S/C38H41Cl2N3O5S/c1-3-48-32-18-16-31(17-19-32)43(49(46,47)33-20-13-27(2)14-21-33)26-37(44)42(25-29-15-22-34(39)35(40)23-29)36(24-28-9-5-4-6-10-28)38(45)41-30-11-7-8-12-30/h4-6,9-10,13-23,30,36H,3,7-8,11-12,24-26H2,1-2H3,(H,41,45). The molecule has 1 aliphatic carbocycles. The number of ether oxygens (including phenoxy) is 1. The number of nitrogens with one attached hydrogen (secondary N) is 1. The van der Waals surface area contributed by atoms with Crippen molar-refractivity contribution in [1.29, 1.82) is 0 Å². The van der Waals surface area contributed by atoms with Crippen molar-refractivity contribution < 1.29 is 22.7 Å². The number of halogens is 2.